The van der Waals surface area contributed by atoms with Gasteiger partial charge in [0, 0.05) is 56.7 Å². The molecule has 1 N–H and O–H groups in total. The molecule has 0 atom stereocenters. The molecule has 144 valence electrons. The SMILES string of the molecule is CC(=O)NCCC(=O)N1CCN(Cc2nc(-c3ccc(Cl)cc3)no2)CC1. The van der Waals surface area contributed by atoms with Crippen molar-refractivity contribution in [2.24, 2.45) is 0 Å². The van der Waals surface area contributed by atoms with Crippen molar-refractivity contribution in [3.05, 3.63) is 35.2 Å². The summed E-state index contributed by atoms with van der Waals surface area (Å²) in [4.78, 5) is 31.4. The van der Waals surface area contributed by atoms with E-state index in [1.54, 1.807) is 12.1 Å². The van der Waals surface area contributed by atoms with Gasteiger partial charge in [-0.05, 0) is 24.3 Å². The number of hydrogen-bond donors (Lipinski definition) is 1. The second-order valence-corrected chi connectivity index (χ2v) is 6.84. The summed E-state index contributed by atoms with van der Waals surface area (Å²) in [5.74, 6) is 1.02. The fourth-order valence-corrected chi connectivity index (χ4v) is 3.01. The van der Waals surface area contributed by atoms with Crippen molar-refractivity contribution >= 4 is 23.4 Å². The van der Waals surface area contributed by atoms with Gasteiger partial charge >= 0.3 is 0 Å². The van der Waals surface area contributed by atoms with Gasteiger partial charge < -0.3 is 14.7 Å². The smallest absolute Gasteiger partial charge is 0.241 e. The number of rotatable bonds is 6. The topological polar surface area (TPSA) is 91.6 Å². The number of carbonyl (C=O) groups is 2. The van der Waals surface area contributed by atoms with Gasteiger partial charge in [0.15, 0.2) is 0 Å². The van der Waals surface area contributed by atoms with E-state index in [0.717, 1.165) is 18.7 Å². The number of hydrogen-bond acceptors (Lipinski definition) is 6. The van der Waals surface area contributed by atoms with E-state index in [1.807, 2.05) is 17.0 Å². The zero-order valence-electron chi connectivity index (χ0n) is 15.2. The number of nitrogens with one attached hydrogen (secondary N) is 1. The fourth-order valence-electron chi connectivity index (χ4n) is 2.89. The highest BCUT2D eigenvalue weighted by molar-refractivity contribution is 6.30. The molecule has 1 aromatic heterocycles. The van der Waals surface area contributed by atoms with Gasteiger partial charge in [0.1, 0.15) is 0 Å². The Morgan fingerprint density at radius 2 is 1.89 bits per heavy atom. The Kier molecular flexibility index (Phi) is 6.41. The molecule has 1 aliphatic rings. The molecule has 27 heavy (non-hydrogen) atoms. The number of benzene rings is 1. The van der Waals surface area contributed by atoms with Crippen LogP contribution >= 0.6 is 11.6 Å². The minimum Gasteiger partial charge on any atom is -0.356 e. The van der Waals surface area contributed by atoms with Crippen LogP contribution in [-0.4, -0.2) is 64.5 Å². The van der Waals surface area contributed by atoms with Gasteiger partial charge in [0.25, 0.3) is 0 Å². The molecular weight excluding hydrogens is 370 g/mol. The zero-order chi connectivity index (χ0) is 19.2. The maximum absolute atomic E-state index is 12.1. The first-order valence-electron chi connectivity index (χ1n) is 8.84. The summed E-state index contributed by atoms with van der Waals surface area (Å²) in [6.45, 7) is 5.15. The maximum atomic E-state index is 12.1. The summed E-state index contributed by atoms with van der Waals surface area (Å²) < 4.78 is 5.35. The van der Waals surface area contributed by atoms with Crippen LogP contribution < -0.4 is 5.32 Å². The highest BCUT2D eigenvalue weighted by atomic mass is 35.5. The summed E-state index contributed by atoms with van der Waals surface area (Å²) in [7, 11) is 0. The standard InChI is InChI=1S/C18H22ClN5O3/c1-13(25)20-7-6-17(26)24-10-8-23(9-11-24)12-16-21-18(22-27-16)14-2-4-15(19)5-3-14/h2-5H,6-12H2,1H3,(H,20,25). The normalized spacial score (nSPS) is 15.0. The molecule has 3 rings (SSSR count). The summed E-state index contributed by atoms with van der Waals surface area (Å²) in [5, 5.41) is 7.32. The summed E-state index contributed by atoms with van der Waals surface area (Å²) in [5.41, 5.74) is 0.851. The second kappa shape index (κ2) is 8.96. The summed E-state index contributed by atoms with van der Waals surface area (Å²) >= 11 is 5.89. The number of piperazine rings is 1. The molecule has 1 fully saturated rings. The number of aromatic nitrogens is 2. The third-order valence-corrected chi connectivity index (χ3v) is 4.62. The molecule has 0 spiro atoms. The fraction of sp³-hybridized carbons (Fsp3) is 0.444. The third kappa shape index (κ3) is 5.51. The van der Waals surface area contributed by atoms with Crippen LogP contribution in [0.4, 0.5) is 0 Å². The van der Waals surface area contributed by atoms with E-state index >= 15 is 0 Å². The summed E-state index contributed by atoms with van der Waals surface area (Å²) in [6.07, 6.45) is 0.327. The van der Waals surface area contributed by atoms with E-state index < -0.39 is 0 Å². The minimum atomic E-state index is -0.120. The van der Waals surface area contributed by atoms with Gasteiger partial charge in [0.2, 0.25) is 23.5 Å². The molecule has 1 aliphatic heterocycles. The Bertz CT molecular complexity index is 785. The third-order valence-electron chi connectivity index (χ3n) is 4.37. The lowest BCUT2D eigenvalue weighted by atomic mass is 10.2. The molecule has 2 amide bonds. The predicted molar refractivity (Wildman–Crippen MR) is 99.9 cm³/mol. The molecule has 0 unspecified atom stereocenters. The van der Waals surface area contributed by atoms with Crippen LogP contribution in [0.2, 0.25) is 5.02 Å². The highest BCUT2D eigenvalue weighted by Crippen LogP contribution is 2.19. The Hall–Kier alpha value is -2.45. The van der Waals surface area contributed by atoms with Crippen LogP contribution in [0, 0.1) is 0 Å². The summed E-state index contributed by atoms with van der Waals surface area (Å²) in [6, 6.07) is 7.27. The molecule has 2 aromatic rings. The zero-order valence-corrected chi connectivity index (χ0v) is 15.9. The maximum Gasteiger partial charge on any atom is 0.241 e. The predicted octanol–water partition coefficient (Wildman–Crippen LogP) is 1.56. The average Bonchev–Trinajstić information content (AvgIpc) is 3.11. The Labute approximate surface area is 162 Å². The van der Waals surface area contributed by atoms with Crippen molar-refractivity contribution in [2.75, 3.05) is 32.7 Å². The lowest BCUT2D eigenvalue weighted by molar-refractivity contribution is -0.133. The first-order chi connectivity index (χ1) is 13.0. The first kappa shape index (κ1) is 19.3. The van der Waals surface area contributed by atoms with Crippen molar-refractivity contribution in [2.45, 2.75) is 19.9 Å². The molecule has 9 heteroatoms. The molecule has 8 nitrogen and oxygen atoms in total. The molecule has 0 saturated carbocycles. The van der Waals surface area contributed by atoms with E-state index in [1.165, 1.54) is 6.92 Å². The van der Waals surface area contributed by atoms with Gasteiger partial charge in [-0.2, -0.15) is 4.98 Å². The average molecular weight is 392 g/mol. The molecule has 2 heterocycles. The van der Waals surface area contributed by atoms with Crippen molar-refractivity contribution in [1.82, 2.24) is 25.3 Å². The van der Waals surface area contributed by atoms with Gasteiger partial charge in [-0.15, -0.1) is 0 Å². The van der Waals surface area contributed by atoms with Gasteiger partial charge in [0.05, 0.1) is 6.54 Å². The molecule has 0 aliphatic carbocycles. The Morgan fingerprint density at radius 1 is 1.19 bits per heavy atom. The molecule has 1 aromatic carbocycles. The number of halogens is 1. The van der Waals surface area contributed by atoms with Crippen LogP contribution in [0.5, 0.6) is 0 Å². The van der Waals surface area contributed by atoms with E-state index in [0.29, 0.717) is 49.3 Å². The largest absolute Gasteiger partial charge is 0.356 e. The number of carbonyl (C=O) groups excluding carboxylic acids is 2. The molecule has 0 bridgehead atoms. The van der Waals surface area contributed by atoms with Gasteiger partial charge in [-0.25, -0.2) is 0 Å². The van der Waals surface area contributed by atoms with Crippen LogP contribution in [0.15, 0.2) is 28.8 Å². The lowest BCUT2D eigenvalue weighted by Gasteiger charge is -2.34. The van der Waals surface area contributed by atoms with Crippen LogP contribution in [0.3, 0.4) is 0 Å². The van der Waals surface area contributed by atoms with Crippen molar-refractivity contribution < 1.29 is 14.1 Å². The van der Waals surface area contributed by atoms with E-state index in [9.17, 15) is 9.59 Å². The lowest BCUT2D eigenvalue weighted by Crippen LogP contribution is -2.48. The van der Waals surface area contributed by atoms with E-state index in [4.69, 9.17) is 16.1 Å². The molecular formula is C18H22ClN5O3. The Balaban J connectivity index is 1.46. The van der Waals surface area contributed by atoms with E-state index in [2.05, 4.69) is 20.4 Å². The van der Waals surface area contributed by atoms with Crippen LogP contribution in [-0.2, 0) is 16.1 Å². The van der Waals surface area contributed by atoms with Crippen LogP contribution in [0.25, 0.3) is 11.4 Å². The van der Waals surface area contributed by atoms with Gasteiger partial charge in [-0.3, -0.25) is 14.5 Å². The van der Waals surface area contributed by atoms with E-state index in [-0.39, 0.29) is 11.8 Å². The quantitative estimate of drug-likeness (QED) is 0.803. The molecule has 0 radical (unpaired) electrons. The van der Waals surface area contributed by atoms with Gasteiger partial charge in [-0.1, -0.05) is 16.8 Å². The second-order valence-electron chi connectivity index (χ2n) is 6.41. The number of amides is 2. The van der Waals surface area contributed by atoms with Crippen LogP contribution in [0.1, 0.15) is 19.2 Å². The highest BCUT2D eigenvalue weighted by Gasteiger charge is 2.22. The number of nitrogens with zero attached hydrogens (tertiary/aromatic N) is 4. The first-order valence-corrected chi connectivity index (χ1v) is 9.22. The monoisotopic (exact) mass is 391 g/mol. The molecule has 1 saturated heterocycles. The van der Waals surface area contributed by atoms with Crippen molar-refractivity contribution in [3.63, 3.8) is 0 Å². The Morgan fingerprint density at radius 3 is 2.56 bits per heavy atom. The minimum absolute atomic E-state index is 0.0613. The van der Waals surface area contributed by atoms with Crippen molar-refractivity contribution in [1.29, 1.82) is 0 Å². The van der Waals surface area contributed by atoms with Crippen molar-refractivity contribution in [3.8, 4) is 11.4 Å².